The number of aromatic nitrogens is 2. The Balaban J connectivity index is 2.06. The van der Waals surface area contributed by atoms with Gasteiger partial charge < -0.3 is 20.7 Å². The summed E-state index contributed by atoms with van der Waals surface area (Å²) in [5.74, 6) is 0.319. The van der Waals surface area contributed by atoms with E-state index in [0.717, 1.165) is 0 Å². The number of hydrogen-bond donors (Lipinski definition) is 2. The molecule has 0 radical (unpaired) electrons. The summed E-state index contributed by atoms with van der Waals surface area (Å²) in [6.45, 7) is 7.51. The van der Waals surface area contributed by atoms with Gasteiger partial charge in [0.1, 0.15) is 6.20 Å². The van der Waals surface area contributed by atoms with E-state index < -0.39 is 4.92 Å². The highest BCUT2D eigenvalue weighted by molar-refractivity contribution is 7.15. The zero-order chi connectivity index (χ0) is 14.0. The van der Waals surface area contributed by atoms with Crippen LogP contribution in [-0.2, 0) is 0 Å². The molecule has 0 unspecified atom stereocenters. The average Bonchev–Trinajstić information content (AvgIpc) is 2.81. The molecule has 0 aromatic carbocycles. The molecule has 0 spiro atoms. The van der Waals surface area contributed by atoms with Crippen LogP contribution in [0.15, 0.2) is 11.6 Å². The van der Waals surface area contributed by atoms with Crippen molar-refractivity contribution < 1.29 is 4.92 Å². The summed E-state index contributed by atoms with van der Waals surface area (Å²) in [5.41, 5.74) is 0.0299. The van der Waals surface area contributed by atoms with Crippen LogP contribution in [0.25, 0.3) is 4.96 Å². The molecule has 0 atom stereocenters. The summed E-state index contributed by atoms with van der Waals surface area (Å²) in [6, 6.07) is 0. The maximum absolute atomic E-state index is 11.1. The monoisotopic (exact) mass is 283 g/mol. The SMILES string of the molecule is CC(C)(C)NCCNc1nc2sccn2c1[N+](=O)[O-]. The van der Waals surface area contributed by atoms with Crippen molar-refractivity contribution in [1.29, 1.82) is 0 Å². The molecule has 0 saturated carbocycles. The van der Waals surface area contributed by atoms with Crippen LogP contribution in [0.5, 0.6) is 0 Å². The Morgan fingerprint density at radius 2 is 2.21 bits per heavy atom. The number of fused-ring (bicyclic) bond motifs is 1. The molecule has 0 bridgehead atoms. The molecule has 0 fully saturated rings. The number of imidazole rings is 1. The molecule has 104 valence electrons. The van der Waals surface area contributed by atoms with Crippen molar-refractivity contribution in [2.45, 2.75) is 26.3 Å². The molecule has 0 aliphatic carbocycles. The normalized spacial score (nSPS) is 11.9. The third-order valence-electron chi connectivity index (χ3n) is 2.48. The molecule has 7 nitrogen and oxygen atoms in total. The summed E-state index contributed by atoms with van der Waals surface area (Å²) >= 11 is 1.37. The Morgan fingerprint density at radius 3 is 2.84 bits per heavy atom. The maximum atomic E-state index is 11.1. The van der Waals surface area contributed by atoms with Crippen LogP contribution >= 0.6 is 11.3 Å². The smallest absolute Gasteiger partial charge is 0.362 e. The van der Waals surface area contributed by atoms with E-state index in [1.807, 2.05) is 0 Å². The van der Waals surface area contributed by atoms with Gasteiger partial charge in [-0.3, -0.25) is 0 Å². The number of hydrogen-bond acceptors (Lipinski definition) is 6. The van der Waals surface area contributed by atoms with E-state index in [0.29, 0.717) is 23.9 Å². The van der Waals surface area contributed by atoms with Gasteiger partial charge in [-0.15, -0.1) is 0 Å². The van der Waals surface area contributed by atoms with Crippen molar-refractivity contribution in [2.75, 3.05) is 18.4 Å². The van der Waals surface area contributed by atoms with Crippen LogP contribution in [0.2, 0.25) is 0 Å². The Morgan fingerprint density at radius 1 is 1.47 bits per heavy atom. The fraction of sp³-hybridized carbons (Fsp3) is 0.545. The lowest BCUT2D eigenvalue weighted by Gasteiger charge is -2.20. The summed E-state index contributed by atoms with van der Waals surface area (Å²) in [5, 5.41) is 19.2. The highest BCUT2D eigenvalue weighted by atomic mass is 32.1. The maximum Gasteiger partial charge on any atom is 0.372 e. The van der Waals surface area contributed by atoms with Gasteiger partial charge >= 0.3 is 5.82 Å². The standard InChI is InChI=1S/C11H17N5O2S/c1-11(2,3)13-5-4-12-8-9(16(17)18)15-6-7-19-10(15)14-8/h6-7,12-13H,4-5H2,1-3H3. The summed E-state index contributed by atoms with van der Waals surface area (Å²) in [6.07, 6.45) is 1.66. The number of rotatable bonds is 5. The van der Waals surface area contributed by atoms with Gasteiger partial charge in [-0.25, -0.2) is 0 Å². The first-order chi connectivity index (χ1) is 8.88. The van der Waals surface area contributed by atoms with Crippen LogP contribution in [0.1, 0.15) is 20.8 Å². The Hall–Kier alpha value is -1.67. The van der Waals surface area contributed by atoms with E-state index in [-0.39, 0.29) is 11.4 Å². The topological polar surface area (TPSA) is 84.5 Å². The molecular weight excluding hydrogens is 266 g/mol. The minimum absolute atomic E-state index is 0.00740. The first-order valence-corrected chi connectivity index (χ1v) is 6.85. The van der Waals surface area contributed by atoms with Gasteiger partial charge in [-0.1, -0.05) is 11.3 Å². The second kappa shape index (κ2) is 5.14. The molecule has 0 saturated heterocycles. The third kappa shape index (κ3) is 3.21. The second-order valence-electron chi connectivity index (χ2n) is 5.20. The zero-order valence-corrected chi connectivity index (χ0v) is 12.0. The predicted octanol–water partition coefficient (Wildman–Crippen LogP) is 2.10. The van der Waals surface area contributed by atoms with Gasteiger partial charge in [0.05, 0.1) is 0 Å². The van der Waals surface area contributed by atoms with Crippen molar-refractivity contribution in [1.82, 2.24) is 14.7 Å². The van der Waals surface area contributed by atoms with Crippen molar-refractivity contribution >= 4 is 27.9 Å². The highest BCUT2D eigenvalue weighted by Crippen LogP contribution is 2.27. The molecule has 2 heterocycles. The molecule has 0 aliphatic rings. The number of nitro groups is 1. The summed E-state index contributed by atoms with van der Waals surface area (Å²) < 4.78 is 1.49. The third-order valence-corrected chi connectivity index (χ3v) is 3.24. The number of nitrogens with one attached hydrogen (secondary N) is 2. The van der Waals surface area contributed by atoms with Crippen LogP contribution in [0.3, 0.4) is 0 Å². The largest absolute Gasteiger partial charge is 0.372 e. The van der Waals surface area contributed by atoms with Crippen LogP contribution in [0.4, 0.5) is 11.6 Å². The molecule has 2 N–H and O–H groups in total. The van der Waals surface area contributed by atoms with Crippen molar-refractivity contribution in [3.8, 4) is 0 Å². The minimum Gasteiger partial charge on any atom is -0.362 e. The van der Waals surface area contributed by atoms with E-state index in [2.05, 4.69) is 36.4 Å². The first-order valence-electron chi connectivity index (χ1n) is 5.97. The molecule has 2 aromatic rings. The Bertz CT molecular complexity index is 583. The van der Waals surface area contributed by atoms with Crippen molar-refractivity contribution in [3.63, 3.8) is 0 Å². The zero-order valence-electron chi connectivity index (χ0n) is 11.1. The molecule has 2 rings (SSSR count). The van der Waals surface area contributed by atoms with Crippen molar-refractivity contribution in [3.05, 3.63) is 21.7 Å². The van der Waals surface area contributed by atoms with Crippen LogP contribution in [0, 0.1) is 10.1 Å². The number of thiazole rings is 1. The quantitative estimate of drug-likeness (QED) is 0.499. The summed E-state index contributed by atoms with van der Waals surface area (Å²) in [7, 11) is 0. The molecular formula is C11H17N5O2S. The lowest BCUT2D eigenvalue weighted by atomic mass is 10.1. The number of nitrogens with zero attached hydrogens (tertiary/aromatic N) is 3. The molecule has 0 amide bonds. The first kappa shape index (κ1) is 13.8. The molecule has 2 aromatic heterocycles. The Kier molecular flexibility index (Phi) is 3.72. The van der Waals surface area contributed by atoms with E-state index in [1.54, 1.807) is 11.6 Å². The van der Waals surface area contributed by atoms with E-state index in [9.17, 15) is 10.1 Å². The van der Waals surface area contributed by atoms with E-state index in [1.165, 1.54) is 15.7 Å². The Labute approximate surface area is 114 Å². The van der Waals surface area contributed by atoms with E-state index >= 15 is 0 Å². The van der Waals surface area contributed by atoms with Gasteiger partial charge in [0, 0.05) is 24.0 Å². The minimum atomic E-state index is -0.410. The van der Waals surface area contributed by atoms with E-state index in [4.69, 9.17) is 0 Å². The predicted molar refractivity (Wildman–Crippen MR) is 76.0 cm³/mol. The van der Waals surface area contributed by atoms with Crippen molar-refractivity contribution in [2.24, 2.45) is 0 Å². The van der Waals surface area contributed by atoms with Crippen LogP contribution < -0.4 is 10.6 Å². The lowest BCUT2D eigenvalue weighted by molar-refractivity contribution is -0.389. The highest BCUT2D eigenvalue weighted by Gasteiger charge is 2.23. The fourth-order valence-corrected chi connectivity index (χ4v) is 2.39. The van der Waals surface area contributed by atoms with Gasteiger partial charge in [0.25, 0.3) is 4.96 Å². The molecule has 0 aliphatic heterocycles. The van der Waals surface area contributed by atoms with Crippen LogP contribution in [-0.4, -0.2) is 32.9 Å². The summed E-state index contributed by atoms with van der Waals surface area (Å²) in [4.78, 5) is 15.5. The molecule has 19 heavy (non-hydrogen) atoms. The fourth-order valence-electron chi connectivity index (χ4n) is 1.69. The lowest BCUT2D eigenvalue weighted by Crippen LogP contribution is -2.38. The molecule has 8 heteroatoms. The van der Waals surface area contributed by atoms with Gasteiger partial charge in [-0.2, -0.15) is 9.38 Å². The second-order valence-corrected chi connectivity index (χ2v) is 6.07. The number of anilines is 1. The van der Waals surface area contributed by atoms with Gasteiger partial charge in [0.15, 0.2) is 0 Å². The van der Waals surface area contributed by atoms with Gasteiger partial charge in [-0.05, 0) is 25.7 Å². The average molecular weight is 283 g/mol. The van der Waals surface area contributed by atoms with Gasteiger partial charge in [0.2, 0.25) is 5.82 Å².